The van der Waals surface area contributed by atoms with E-state index in [1.165, 1.54) is 6.92 Å². The molecule has 0 radical (unpaired) electrons. The van der Waals surface area contributed by atoms with Crippen molar-refractivity contribution in [3.05, 3.63) is 35.0 Å². The molecule has 2 aromatic heterocycles. The maximum Gasteiger partial charge on any atom is 0.433 e. The molecular weight excluding hydrogens is 337 g/mol. The zero-order valence-electron chi connectivity index (χ0n) is 13.4. The Morgan fingerprint density at radius 3 is 2.56 bits per heavy atom. The summed E-state index contributed by atoms with van der Waals surface area (Å²) in [5, 5.41) is 12.3. The zero-order valence-corrected chi connectivity index (χ0v) is 13.4. The Morgan fingerprint density at radius 1 is 1.20 bits per heavy atom. The molecule has 134 valence electrons. The topological polar surface area (TPSA) is 110 Å². The van der Waals surface area contributed by atoms with Crippen LogP contribution in [0.5, 0.6) is 0 Å². The number of anilines is 2. The minimum Gasteiger partial charge on any atom is -0.393 e. The Bertz CT molecular complexity index is 776. The first-order valence-corrected chi connectivity index (χ1v) is 7.69. The second-order valence-corrected chi connectivity index (χ2v) is 6.02. The lowest BCUT2D eigenvalue weighted by atomic mass is 9.80. The highest BCUT2D eigenvalue weighted by atomic mass is 19.4. The summed E-state index contributed by atoms with van der Waals surface area (Å²) in [7, 11) is 0. The van der Waals surface area contributed by atoms with Gasteiger partial charge in [0.25, 0.3) is 0 Å². The summed E-state index contributed by atoms with van der Waals surface area (Å²) in [6.45, 7) is 1.44. The smallest absolute Gasteiger partial charge is 0.393 e. The maximum atomic E-state index is 12.8. The van der Waals surface area contributed by atoms with Crippen molar-refractivity contribution in [3.8, 4) is 0 Å². The number of aliphatic hydroxyl groups is 1. The van der Waals surface area contributed by atoms with E-state index < -0.39 is 11.9 Å². The predicted octanol–water partition coefficient (Wildman–Crippen LogP) is 2.03. The van der Waals surface area contributed by atoms with Gasteiger partial charge in [-0.2, -0.15) is 18.2 Å². The molecule has 0 amide bonds. The number of aryl methyl sites for hydroxylation is 1. The van der Waals surface area contributed by atoms with Crippen LogP contribution in [0, 0.1) is 6.92 Å². The third kappa shape index (κ3) is 4.13. The first kappa shape index (κ1) is 17.3. The number of aromatic nitrogens is 4. The molecule has 0 saturated heterocycles. The van der Waals surface area contributed by atoms with Crippen LogP contribution in [-0.4, -0.2) is 31.1 Å². The number of alkyl halides is 3. The normalized spacial score (nSPS) is 20.2. The Hall–Kier alpha value is -2.49. The number of halogens is 3. The van der Waals surface area contributed by atoms with Gasteiger partial charge in [0.2, 0.25) is 5.95 Å². The molecule has 4 N–H and O–H groups in total. The quantitative estimate of drug-likeness (QED) is 0.770. The van der Waals surface area contributed by atoms with Gasteiger partial charge in [0, 0.05) is 17.7 Å². The molecule has 7 nitrogen and oxygen atoms in total. The van der Waals surface area contributed by atoms with Crippen molar-refractivity contribution in [2.75, 3.05) is 11.1 Å². The monoisotopic (exact) mass is 354 g/mol. The van der Waals surface area contributed by atoms with Crippen LogP contribution in [0.1, 0.15) is 41.7 Å². The number of nitrogens with one attached hydrogen (secondary N) is 1. The summed E-state index contributed by atoms with van der Waals surface area (Å²) in [5.74, 6) is 0.545. The van der Waals surface area contributed by atoms with E-state index in [0.29, 0.717) is 24.4 Å². The first-order chi connectivity index (χ1) is 11.7. The third-order valence-corrected chi connectivity index (χ3v) is 3.91. The van der Waals surface area contributed by atoms with Crippen molar-refractivity contribution < 1.29 is 18.3 Å². The third-order valence-electron chi connectivity index (χ3n) is 3.91. The highest BCUT2D eigenvalue weighted by molar-refractivity contribution is 5.42. The molecule has 1 fully saturated rings. The van der Waals surface area contributed by atoms with Gasteiger partial charge in [0.15, 0.2) is 0 Å². The summed E-state index contributed by atoms with van der Waals surface area (Å²) in [6.07, 6.45) is -3.66. The van der Waals surface area contributed by atoms with Gasteiger partial charge in [-0.05, 0) is 25.8 Å². The average molecular weight is 354 g/mol. The second-order valence-electron chi connectivity index (χ2n) is 6.02. The Labute approximate surface area is 141 Å². The SMILES string of the molecule is Cc1cc(C(F)(F)F)nc(CNc2cc(C3CC(O)C3)nc(N)n2)n1. The van der Waals surface area contributed by atoms with Crippen LogP contribution in [0.3, 0.4) is 0 Å². The lowest BCUT2D eigenvalue weighted by Gasteiger charge is -2.30. The lowest BCUT2D eigenvalue weighted by Crippen LogP contribution is -2.27. The Morgan fingerprint density at radius 2 is 1.92 bits per heavy atom. The van der Waals surface area contributed by atoms with Gasteiger partial charge in [0.05, 0.1) is 18.3 Å². The Balaban J connectivity index is 1.74. The zero-order chi connectivity index (χ0) is 18.2. The number of nitrogens with zero attached hydrogens (tertiary/aromatic N) is 4. The molecule has 1 aliphatic carbocycles. The van der Waals surface area contributed by atoms with Crippen LogP contribution in [0.15, 0.2) is 12.1 Å². The predicted molar refractivity (Wildman–Crippen MR) is 83.5 cm³/mol. The maximum absolute atomic E-state index is 12.8. The molecule has 1 aliphatic rings. The van der Waals surface area contributed by atoms with Gasteiger partial charge in [0.1, 0.15) is 17.3 Å². The van der Waals surface area contributed by atoms with Gasteiger partial charge in [-0.15, -0.1) is 0 Å². The molecule has 3 rings (SSSR count). The van der Waals surface area contributed by atoms with Crippen molar-refractivity contribution in [2.24, 2.45) is 0 Å². The van der Waals surface area contributed by atoms with E-state index in [0.717, 1.165) is 6.07 Å². The highest BCUT2D eigenvalue weighted by Crippen LogP contribution is 2.36. The molecule has 2 aromatic rings. The molecule has 0 bridgehead atoms. The van der Waals surface area contributed by atoms with Crippen molar-refractivity contribution >= 4 is 11.8 Å². The van der Waals surface area contributed by atoms with Gasteiger partial charge in [-0.3, -0.25) is 0 Å². The first-order valence-electron chi connectivity index (χ1n) is 7.69. The standard InChI is InChI=1S/C15H17F3N6O/c1-7-2-11(15(16,17)18)23-13(21-7)6-20-12-5-10(22-14(19)24-12)8-3-9(25)4-8/h2,5,8-9,25H,3-4,6H2,1H3,(H3,19,20,22,24). The van der Waals surface area contributed by atoms with Crippen molar-refractivity contribution in [1.82, 2.24) is 19.9 Å². The minimum absolute atomic E-state index is 0.00475. The number of hydrogen-bond donors (Lipinski definition) is 3. The summed E-state index contributed by atoms with van der Waals surface area (Å²) >= 11 is 0. The average Bonchev–Trinajstić information content (AvgIpc) is 2.48. The van der Waals surface area contributed by atoms with Crippen molar-refractivity contribution in [2.45, 2.75) is 44.5 Å². The summed E-state index contributed by atoms with van der Waals surface area (Å²) in [6, 6.07) is 2.57. The van der Waals surface area contributed by atoms with Gasteiger partial charge in [-0.25, -0.2) is 15.0 Å². The van der Waals surface area contributed by atoms with Crippen LogP contribution in [0.2, 0.25) is 0 Å². The molecular formula is C15H17F3N6O. The van der Waals surface area contributed by atoms with E-state index in [1.54, 1.807) is 6.07 Å². The number of aliphatic hydroxyl groups excluding tert-OH is 1. The fourth-order valence-corrected chi connectivity index (χ4v) is 2.64. The minimum atomic E-state index is -4.53. The van der Waals surface area contributed by atoms with E-state index in [4.69, 9.17) is 5.73 Å². The number of rotatable bonds is 4. The molecule has 1 saturated carbocycles. The summed E-state index contributed by atoms with van der Waals surface area (Å²) in [5.41, 5.74) is 5.62. The largest absolute Gasteiger partial charge is 0.433 e. The highest BCUT2D eigenvalue weighted by Gasteiger charge is 2.33. The van der Waals surface area contributed by atoms with Crippen LogP contribution < -0.4 is 11.1 Å². The van der Waals surface area contributed by atoms with Gasteiger partial charge < -0.3 is 16.2 Å². The molecule has 0 spiro atoms. The fraction of sp³-hybridized carbons (Fsp3) is 0.467. The lowest BCUT2D eigenvalue weighted by molar-refractivity contribution is -0.141. The van der Waals surface area contributed by atoms with Crippen LogP contribution in [0.25, 0.3) is 0 Å². The summed E-state index contributed by atoms with van der Waals surface area (Å²) in [4.78, 5) is 15.7. The van der Waals surface area contributed by atoms with E-state index in [-0.39, 0.29) is 36.0 Å². The molecule has 0 aliphatic heterocycles. The van der Waals surface area contributed by atoms with Crippen LogP contribution in [0.4, 0.5) is 24.9 Å². The van der Waals surface area contributed by atoms with Crippen molar-refractivity contribution in [1.29, 1.82) is 0 Å². The molecule has 2 heterocycles. The van der Waals surface area contributed by atoms with Crippen LogP contribution >= 0.6 is 0 Å². The fourth-order valence-electron chi connectivity index (χ4n) is 2.64. The molecule has 0 aromatic carbocycles. The van der Waals surface area contributed by atoms with Gasteiger partial charge >= 0.3 is 6.18 Å². The van der Waals surface area contributed by atoms with E-state index >= 15 is 0 Å². The second kappa shape index (κ2) is 6.43. The van der Waals surface area contributed by atoms with E-state index in [9.17, 15) is 18.3 Å². The number of hydrogen-bond acceptors (Lipinski definition) is 7. The number of nitrogen functional groups attached to an aromatic ring is 1. The van der Waals surface area contributed by atoms with Crippen molar-refractivity contribution in [3.63, 3.8) is 0 Å². The van der Waals surface area contributed by atoms with E-state index in [2.05, 4.69) is 25.3 Å². The van der Waals surface area contributed by atoms with E-state index in [1.807, 2.05) is 0 Å². The Kier molecular flexibility index (Phi) is 4.46. The molecule has 0 unspecified atom stereocenters. The molecule has 25 heavy (non-hydrogen) atoms. The molecule has 10 heteroatoms. The van der Waals surface area contributed by atoms with Gasteiger partial charge in [-0.1, -0.05) is 0 Å². The summed E-state index contributed by atoms with van der Waals surface area (Å²) < 4.78 is 38.4. The number of nitrogens with two attached hydrogens (primary N) is 1. The molecule has 0 atom stereocenters. The van der Waals surface area contributed by atoms with Crippen LogP contribution in [-0.2, 0) is 12.7 Å².